The Hall–Kier alpha value is -2.55. The number of esters is 1. The predicted octanol–water partition coefficient (Wildman–Crippen LogP) is 0.811. The number of hydrogen-bond acceptors (Lipinski definition) is 5. The third kappa shape index (κ3) is 5.40. The molecule has 1 aromatic carbocycles. The third-order valence-electron chi connectivity index (χ3n) is 2.45. The highest BCUT2D eigenvalue weighted by atomic mass is 16.5. The van der Waals surface area contributed by atoms with Crippen molar-refractivity contribution < 1.29 is 19.1 Å². The lowest BCUT2D eigenvalue weighted by molar-refractivity contribution is -0.147. The number of rotatable bonds is 7. The molecule has 0 radical (unpaired) electrons. The van der Waals surface area contributed by atoms with Gasteiger partial charge < -0.3 is 14.8 Å². The van der Waals surface area contributed by atoms with Gasteiger partial charge in [0.15, 0.2) is 6.61 Å². The molecule has 1 aromatic rings. The Morgan fingerprint density at radius 3 is 2.80 bits per heavy atom. The maximum Gasteiger partial charge on any atom is 0.310 e. The summed E-state index contributed by atoms with van der Waals surface area (Å²) in [6.07, 6.45) is 0.260. The second-order valence-electron chi connectivity index (χ2n) is 3.91. The van der Waals surface area contributed by atoms with Gasteiger partial charge >= 0.3 is 5.97 Å². The van der Waals surface area contributed by atoms with Crippen molar-refractivity contribution in [2.24, 2.45) is 0 Å². The zero-order valence-electron chi connectivity index (χ0n) is 11.2. The predicted molar refractivity (Wildman–Crippen MR) is 70.9 cm³/mol. The molecule has 106 valence electrons. The van der Waals surface area contributed by atoms with E-state index < -0.39 is 11.9 Å². The first-order valence-electron chi connectivity index (χ1n) is 6.08. The standard InChI is InChI=1S/C14H16N2O4/c1-19-12-6-3-2-5-11(12)9-14(18)20-10-13(17)16-8-4-7-15/h2-3,5-6H,4,8-10H2,1H3,(H,16,17). The molecule has 1 amide bonds. The van der Waals surface area contributed by atoms with Crippen molar-refractivity contribution in [3.8, 4) is 11.8 Å². The lowest BCUT2D eigenvalue weighted by Crippen LogP contribution is -2.29. The number of amides is 1. The first-order chi connectivity index (χ1) is 9.67. The molecular weight excluding hydrogens is 260 g/mol. The van der Waals surface area contributed by atoms with Crippen LogP contribution in [0.2, 0.25) is 0 Å². The Labute approximate surface area is 117 Å². The van der Waals surface area contributed by atoms with Gasteiger partial charge in [-0.05, 0) is 6.07 Å². The van der Waals surface area contributed by atoms with Crippen molar-refractivity contribution in [3.63, 3.8) is 0 Å². The fourth-order valence-corrected chi connectivity index (χ4v) is 1.51. The SMILES string of the molecule is COc1ccccc1CC(=O)OCC(=O)NCCC#N. The zero-order chi connectivity index (χ0) is 14.8. The molecule has 0 saturated heterocycles. The molecule has 0 fully saturated rings. The molecule has 0 aromatic heterocycles. The van der Waals surface area contributed by atoms with Crippen LogP contribution in [0.3, 0.4) is 0 Å². The maximum absolute atomic E-state index is 11.6. The van der Waals surface area contributed by atoms with Crippen molar-refractivity contribution >= 4 is 11.9 Å². The summed E-state index contributed by atoms with van der Waals surface area (Å²) in [7, 11) is 1.52. The van der Waals surface area contributed by atoms with Gasteiger partial charge in [-0.3, -0.25) is 9.59 Å². The number of benzene rings is 1. The summed E-state index contributed by atoms with van der Waals surface area (Å²) in [5, 5.41) is 10.8. The molecule has 0 unspecified atom stereocenters. The smallest absolute Gasteiger partial charge is 0.310 e. The molecule has 0 spiro atoms. The van der Waals surface area contributed by atoms with Crippen molar-refractivity contribution in [1.29, 1.82) is 5.26 Å². The Bertz CT molecular complexity index is 508. The average Bonchev–Trinajstić information content (AvgIpc) is 2.46. The van der Waals surface area contributed by atoms with Crippen LogP contribution < -0.4 is 10.1 Å². The summed E-state index contributed by atoms with van der Waals surface area (Å²) in [6.45, 7) is -0.0984. The van der Waals surface area contributed by atoms with Crippen LogP contribution in [-0.2, 0) is 20.7 Å². The first kappa shape index (κ1) is 15.5. The Morgan fingerprint density at radius 2 is 2.10 bits per heavy atom. The number of nitrogens with one attached hydrogen (secondary N) is 1. The number of hydrogen-bond donors (Lipinski definition) is 1. The topological polar surface area (TPSA) is 88.4 Å². The van der Waals surface area contributed by atoms with Crippen molar-refractivity contribution in [2.75, 3.05) is 20.3 Å². The largest absolute Gasteiger partial charge is 0.496 e. The summed E-state index contributed by atoms with van der Waals surface area (Å²) in [5.41, 5.74) is 0.699. The summed E-state index contributed by atoms with van der Waals surface area (Å²) in [5.74, 6) is -0.332. The highest BCUT2D eigenvalue weighted by Crippen LogP contribution is 2.17. The van der Waals surface area contributed by atoms with Crippen LogP contribution in [0.4, 0.5) is 0 Å². The van der Waals surface area contributed by atoms with E-state index in [0.717, 1.165) is 0 Å². The van der Waals surface area contributed by atoms with Crippen LogP contribution >= 0.6 is 0 Å². The van der Waals surface area contributed by atoms with Gasteiger partial charge in [0.2, 0.25) is 0 Å². The molecule has 6 heteroatoms. The van der Waals surface area contributed by atoms with E-state index in [9.17, 15) is 9.59 Å². The van der Waals surface area contributed by atoms with Crippen molar-refractivity contribution in [2.45, 2.75) is 12.8 Å². The van der Waals surface area contributed by atoms with Gasteiger partial charge in [-0.2, -0.15) is 5.26 Å². The number of carbonyl (C=O) groups excluding carboxylic acids is 2. The van der Waals surface area contributed by atoms with Crippen LogP contribution in [0.5, 0.6) is 5.75 Å². The van der Waals surface area contributed by atoms with Crippen LogP contribution in [0, 0.1) is 11.3 Å². The number of ether oxygens (including phenoxy) is 2. The zero-order valence-corrected chi connectivity index (χ0v) is 11.2. The van der Waals surface area contributed by atoms with Gasteiger partial charge in [-0.1, -0.05) is 18.2 Å². The highest BCUT2D eigenvalue weighted by molar-refractivity contribution is 5.81. The Morgan fingerprint density at radius 1 is 1.35 bits per heavy atom. The molecule has 0 aliphatic heterocycles. The van der Waals surface area contributed by atoms with Crippen LogP contribution in [0.1, 0.15) is 12.0 Å². The van der Waals surface area contributed by atoms with Crippen molar-refractivity contribution in [1.82, 2.24) is 5.32 Å². The number of nitrogens with zero attached hydrogens (tertiary/aromatic N) is 1. The quantitative estimate of drug-likeness (QED) is 0.588. The Kier molecular flexibility index (Phi) is 6.62. The highest BCUT2D eigenvalue weighted by Gasteiger charge is 2.11. The second-order valence-corrected chi connectivity index (χ2v) is 3.91. The van der Waals surface area contributed by atoms with E-state index in [4.69, 9.17) is 14.7 Å². The molecule has 0 saturated carbocycles. The van der Waals surface area contributed by atoms with E-state index in [1.807, 2.05) is 6.07 Å². The lowest BCUT2D eigenvalue weighted by atomic mass is 10.1. The number of methoxy groups -OCH3 is 1. The van der Waals surface area contributed by atoms with E-state index >= 15 is 0 Å². The van der Waals surface area contributed by atoms with Crippen molar-refractivity contribution in [3.05, 3.63) is 29.8 Å². The number of para-hydroxylation sites is 1. The van der Waals surface area contributed by atoms with E-state index in [0.29, 0.717) is 11.3 Å². The van der Waals surface area contributed by atoms with E-state index in [2.05, 4.69) is 5.32 Å². The van der Waals surface area contributed by atoms with Gasteiger partial charge in [0, 0.05) is 12.1 Å². The van der Waals surface area contributed by atoms with Gasteiger partial charge in [0.25, 0.3) is 5.91 Å². The molecule has 1 rings (SSSR count). The number of carbonyl (C=O) groups is 2. The monoisotopic (exact) mass is 276 g/mol. The molecule has 1 N–H and O–H groups in total. The average molecular weight is 276 g/mol. The minimum absolute atomic E-state index is 0.0372. The van der Waals surface area contributed by atoms with Crippen LogP contribution in [0.25, 0.3) is 0 Å². The summed E-state index contributed by atoms with van der Waals surface area (Å²) in [6, 6.07) is 8.99. The summed E-state index contributed by atoms with van der Waals surface area (Å²) in [4.78, 5) is 22.9. The minimum Gasteiger partial charge on any atom is -0.496 e. The molecule has 20 heavy (non-hydrogen) atoms. The van der Waals surface area contributed by atoms with E-state index in [1.54, 1.807) is 24.3 Å². The van der Waals surface area contributed by atoms with Crippen LogP contribution in [-0.4, -0.2) is 32.1 Å². The molecule has 0 heterocycles. The summed E-state index contributed by atoms with van der Waals surface area (Å²) >= 11 is 0. The fraction of sp³-hybridized carbons (Fsp3) is 0.357. The molecule has 0 atom stereocenters. The van der Waals surface area contributed by atoms with Crippen LogP contribution in [0.15, 0.2) is 24.3 Å². The second kappa shape index (κ2) is 8.53. The maximum atomic E-state index is 11.6. The van der Waals surface area contributed by atoms with Gasteiger partial charge in [-0.15, -0.1) is 0 Å². The van der Waals surface area contributed by atoms with Gasteiger partial charge in [-0.25, -0.2) is 0 Å². The molecule has 6 nitrogen and oxygen atoms in total. The summed E-state index contributed by atoms with van der Waals surface area (Å²) < 4.78 is 9.97. The molecule has 0 bridgehead atoms. The minimum atomic E-state index is -0.509. The first-order valence-corrected chi connectivity index (χ1v) is 6.08. The van der Waals surface area contributed by atoms with Gasteiger partial charge in [0.05, 0.1) is 26.0 Å². The van der Waals surface area contributed by atoms with E-state index in [1.165, 1.54) is 7.11 Å². The lowest BCUT2D eigenvalue weighted by Gasteiger charge is -2.08. The number of nitriles is 1. The third-order valence-corrected chi connectivity index (χ3v) is 2.45. The fourth-order valence-electron chi connectivity index (χ4n) is 1.51. The molecule has 0 aliphatic rings. The normalized spacial score (nSPS) is 9.40. The van der Waals surface area contributed by atoms with E-state index in [-0.39, 0.29) is 26.0 Å². The molecule has 0 aliphatic carbocycles. The Balaban J connectivity index is 2.37. The molecular formula is C14H16N2O4. The van der Waals surface area contributed by atoms with Gasteiger partial charge in [0.1, 0.15) is 5.75 Å².